The molecule has 0 atom stereocenters. The maximum atomic E-state index is 8.62. The molecule has 0 N–H and O–H groups in total. The highest BCUT2D eigenvalue weighted by molar-refractivity contribution is 5.74. The van der Waals surface area contributed by atoms with Gasteiger partial charge in [-0.25, -0.2) is 0 Å². The second-order valence-corrected chi connectivity index (χ2v) is 3.81. The van der Waals surface area contributed by atoms with Crippen molar-refractivity contribution in [2.24, 2.45) is 0 Å². The van der Waals surface area contributed by atoms with Gasteiger partial charge in [0.2, 0.25) is 0 Å². The fourth-order valence-corrected chi connectivity index (χ4v) is 1.54. The lowest BCUT2D eigenvalue weighted by Crippen LogP contribution is -2.14. The van der Waals surface area contributed by atoms with Gasteiger partial charge in [0.25, 0.3) is 0 Å². The Bertz CT molecular complexity index is 541. The van der Waals surface area contributed by atoms with Gasteiger partial charge in [-0.2, -0.15) is 5.26 Å². The van der Waals surface area contributed by atoms with Crippen LogP contribution in [0.5, 0.6) is 0 Å². The van der Waals surface area contributed by atoms with Gasteiger partial charge in [-0.3, -0.25) is 0 Å². The Morgan fingerprint density at radius 2 is 2.35 bits per heavy atom. The van der Waals surface area contributed by atoms with Gasteiger partial charge >= 0.3 is 0 Å². The Labute approximate surface area is 99.6 Å². The Balaban J connectivity index is 2.20. The van der Waals surface area contributed by atoms with Crippen LogP contribution < -0.4 is 4.84 Å². The zero-order valence-corrected chi connectivity index (χ0v) is 9.76. The van der Waals surface area contributed by atoms with Crippen LogP contribution in [0.25, 0.3) is 11.0 Å². The molecule has 0 fully saturated rings. The van der Waals surface area contributed by atoms with Gasteiger partial charge in [0, 0.05) is 0 Å². The summed E-state index contributed by atoms with van der Waals surface area (Å²) < 4.78 is 0. The largest absolute Gasteiger partial charge is 0.395 e. The minimum Gasteiger partial charge on any atom is -0.395 e. The number of hydrogen-bond acceptors (Lipinski definition) is 4. The van der Waals surface area contributed by atoms with E-state index in [9.17, 15) is 0 Å². The minimum atomic E-state index is 0.388. The van der Waals surface area contributed by atoms with Crippen LogP contribution in [-0.2, 0) is 6.42 Å². The summed E-state index contributed by atoms with van der Waals surface area (Å²) in [5.74, 6) is 0. The molecule has 1 aromatic heterocycles. The first-order chi connectivity index (χ1) is 8.35. The average Bonchev–Trinajstić information content (AvgIpc) is 2.73. The lowest BCUT2D eigenvalue weighted by atomic mass is 10.1. The molecular weight excluding hydrogens is 216 g/mol. The highest BCUT2D eigenvalue weighted by Gasteiger charge is 2.05. The third kappa shape index (κ3) is 2.53. The molecule has 88 valence electrons. The van der Waals surface area contributed by atoms with Gasteiger partial charge in [-0.15, -0.1) is 5.10 Å². The number of benzene rings is 1. The topological polar surface area (TPSA) is 63.7 Å². The van der Waals surface area contributed by atoms with Crippen molar-refractivity contribution in [1.29, 1.82) is 5.26 Å². The molecule has 5 nitrogen and oxygen atoms in total. The van der Waals surface area contributed by atoms with Gasteiger partial charge in [0.05, 0.1) is 12.5 Å². The number of nitrogens with zero attached hydrogens (tertiary/aromatic N) is 4. The molecule has 0 radical (unpaired) electrons. The predicted octanol–water partition coefficient (Wildman–Crippen LogP) is 1.73. The third-order valence-electron chi connectivity index (χ3n) is 2.47. The van der Waals surface area contributed by atoms with Crippen molar-refractivity contribution in [3.05, 3.63) is 23.8 Å². The maximum absolute atomic E-state index is 8.62. The molecule has 0 unspecified atom stereocenters. The maximum Gasteiger partial charge on any atom is 0.130 e. The fourth-order valence-electron chi connectivity index (χ4n) is 1.54. The Kier molecular flexibility index (Phi) is 3.55. The Hall–Kier alpha value is -2.09. The number of aromatic nitrogens is 3. The highest BCUT2D eigenvalue weighted by Crippen LogP contribution is 2.12. The van der Waals surface area contributed by atoms with E-state index in [-0.39, 0.29) is 0 Å². The molecule has 17 heavy (non-hydrogen) atoms. The summed E-state index contributed by atoms with van der Waals surface area (Å²) in [4.78, 5) is 6.92. The fraction of sp³-hybridized carbons (Fsp3) is 0.417. The van der Waals surface area contributed by atoms with Gasteiger partial charge in [-0.1, -0.05) is 24.3 Å². The van der Waals surface area contributed by atoms with Gasteiger partial charge in [0.15, 0.2) is 0 Å². The van der Waals surface area contributed by atoms with Gasteiger partial charge < -0.3 is 4.84 Å². The van der Waals surface area contributed by atoms with E-state index in [1.54, 1.807) is 0 Å². The first-order valence-electron chi connectivity index (χ1n) is 5.69. The smallest absolute Gasteiger partial charge is 0.130 e. The Morgan fingerprint density at radius 1 is 1.47 bits per heavy atom. The van der Waals surface area contributed by atoms with Crippen molar-refractivity contribution < 1.29 is 4.84 Å². The quantitative estimate of drug-likeness (QED) is 0.734. The number of nitriles is 1. The molecule has 0 spiro atoms. The van der Waals surface area contributed by atoms with Gasteiger partial charge in [0.1, 0.15) is 17.6 Å². The monoisotopic (exact) mass is 230 g/mol. The van der Waals surface area contributed by atoms with Crippen molar-refractivity contribution >= 4 is 11.0 Å². The van der Waals surface area contributed by atoms with E-state index in [2.05, 4.69) is 23.3 Å². The van der Waals surface area contributed by atoms with Crippen LogP contribution in [0.15, 0.2) is 18.2 Å². The SMILES string of the molecule is CCCCOn1nnc2cc(CC#N)ccc21. The zero-order chi connectivity index (χ0) is 12.1. The van der Waals surface area contributed by atoms with Crippen molar-refractivity contribution in [2.75, 3.05) is 6.61 Å². The van der Waals surface area contributed by atoms with E-state index in [0.29, 0.717) is 13.0 Å². The molecular formula is C12H14N4O. The molecule has 5 heteroatoms. The van der Waals surface area contributed by atoms with Crippen molar-refractivity contribution in [3.8, 4) is 6.07 Å². The van der Waals surface area contributed by atoms with Crippen molar-refractivity contribution in [2.45, 2.75) is 26.2 Å². The van der Waals surface area contributed by atoms with E-state index >= 15 is 0 Å². The molecule has 0 aliphatic heterocycles. The molecule has 2 aromatic rings. The van der Waals surface area contributed by atoms with Crippen LogP contribution in [0.4, 0.5) is 0 Å². The normalized spacial score (nSPS) is 10.4. The molecule has 0 bridgehead atoms. The van der Waals surface area contributed by atoms with Crippen LogP contribution >= 0.6 is 0 Å². The zero-order valence-electron chi connectivity index (χ0n) is 9.76. The third-order valence-corrected chi connectivity index (χ3v) is 2.47. The van der Waals surface area contributed by atoms with E-state index in [0.717, 1.165) is 29.4 Å². The van der Waals surface area contributed by atoms with Crippen LogP contribution in [0.2, 0.25) is 0 Å². The molecule has 0 saturated heterocycles. The predicted molar refractivity (Wildman–Crippen MR) is 63.2 cm³/mol. The van der Waals surface area contributed by atoms with Crippen molar-refractivity contribution in [1.82, 2.24) is 15.2 Å². The first-order valence-corrected chi connectivity index (χ1v) is 5.69. The van der Waals surface area contributed by atoms with Crippen LogP contribution in [0.1, 0.15) is 25.3 Å². The van der Waals surface area contributed by atoms with E-state index in [1.807, 2.05) is 18.2 Å². The van der Waals surface area contributed by atoms with Crippen LogP contribution in [-0.4, -0.2) is 21.8 Å². The molecule has 0 aliphatic rings. The Morgan fingerprint density at radius 3 is 3.12 bits per heavy atom. The summed E-state index contributed by atoms with van der Waals surface area (Å²) in [6, 6.07) is 7.76. The molecule has 1 heterocycles. The summed E-state index contributed by atoms with van der Waals surface area (Å²) >= 11 is 0. The number of hydrogen-bond donors (Lipinski definition) is 0. The molecule has 0 aliphatic carbocycles. The van der Waals surface area contributed by atoms with Gasteiger partial charge in [-0.05, 0) is 29.3 Å². The number of rotatable bonds is 5. The number of fused-ring (bicyclic) bond motifs is 1. The van der Waals surface area contributed by atoms with Crippen LogP contribution in [0.3, 0.4) is 0 Å². The molecule has 0 amide bonds. The lowest BCUT2D eigenvalue weighted by molar-refractivity contribution is 0.0853. The van der Waals surface area contributed by atoms with E-state index in [1.165, 1.54) is 4.85 Å². The molecule has 1 aromatic carbocycles. The van der Waals surface area contributed by atoms with E-state index < -0.39 is 0 Å². The molecule has 2 rings (SSSR count). The minimum absolute atomic E-state index is 0.388. The second kappa shape index (κ2) is 5.30. The average molecular weight is 230 g/mol. The number of unbranched alkanes of at least 4 members (excludes halogenated alkanes) is 1. The highest BCUT2D eigenvalue weighted by atomic mass is 16.7. The lowest BCUT2D eigenvalue weighted by Gasteiger charge is -2.03. The summed E-state index contributed by atoms with van der Waals surface area (Å²) in [6.07, 6.45) is 2.46. The standard InChI is InChI=1S/C12H14N4O/c1-2-3-8-17-16-12-5-4-10(6-7-13)9-11(12)14-15-16/h4-5,9H,2-3,6,8H2,1H3. The summed E-state index contributed by atoms with van der Waals surface area (Å²) in [6.45, 7) is 2.74. The van der Waals surface area contributed by atoms with Crippen molar-refractivity contribution in [3.63, 3.8) is 0 Å². The summed E-state index contributed by atoms with van der Waals surface area (Å²) in [7, 11) is 0. The summed E-state index contributed by atoms with van der Waals surface area (Å²) in [5, 5.41) is 16.6. The second-order valence-electron chi connectivity index (χ2n) is 3.81. The van der Waals surface area contributed by atoms with E-state index in [4.69, 9.17) is 10.1 Å². The summed E-state index contributed by atoms with van der Waals surface area (Å²) in [5.41, 5.74) is 2.54. The first kappa shape index (κ1) is 11.4. The molecule has 0 saturated carbocycles. The van der Waals surface area contributed by atoms with Crippen LogP contribution in [0, 0.1) is 11.3 Å².